The third kappa shape index (κ3) is 3.36. The standard InChI is InChI=1S/C19H24N2O3/c1-13(20)18(22)21-16-10-6-5-9-15(16)11-17(21)19(23)24-12-14-7-3-2-4-8-14/h2-4,7-8,13,17H,5-6,9-12,20H2,1H3/t13-,17-/m0/s1. The molecule has 24 heavy (non-hydrogen) atoms. The van der Waals surface area contributed by atoms with E-state index in [0.717, 1.165) is 36.9 Å². The van der Waals surface area contributed by atoms with E-state index in [0.29, 0.717) is 6.42 Å². The fourth-order valence-corrected chi connectivity index (χ4v) is 3.49. The second kappa shape index (κ2) is 7.18. The lowest BCUT2D eigenvalue weighted by molar-refractivity contribution is -0.154. The molecular formula is C19H24N2O3. The molecule has 0 radical (unpaired) electrons. The van der Waals surface area contributed by atoms with Crippen molar-refractivity contribution < 1.29 is 14.3 Å². The molecule has 1 heterocycles. The van der Waals surface area contributed by atoms with Gasteiger partial charge in [-0.25, -0.2) is 4.79 Å². The molecule has 0 bridgehead atoms. The van der Waals surface area contributed by atoms with Crippen molar-refractivity contribution in [2.45, 2.75) is 57.7 Å². The SMILES string of the molecule is C[C@H](N)C(=O)N1C2=C(CCCC2)C[C@H]1C(=O)OCc1ccccc1. The Morgan fingerprint density at radius 2 is 1.96 bits per heavy atom. The first kappa shape index (κ1) is 16.7. The molecule has 1 aliphatic carbocycles. The first-order valence-corrected chi connectivity index (χ1v) is 8.58. The molecule has 0 spiro atoms. The highest BCUT2D eigenvalue weighted by molar-refractivity contribution is 5.90. The van der Waals surface area contributed by atoms with Crippen LogP contribution in [-0.2, 0) is 20.9 Å². The minimum absolute atomic E-state index is 0.191. The average Bonchev–Trinajstić information content (AvgIpc) is 2.99. The summed E-state index contributed by atoms with van der Waals surface area (Å²) in [4.78, 5) is 26.8. The van der Waals surface area contributed by atoms with Gasteiger partial charge in [0.2, 0.25) is 5.91 Å². The van der Waals surface area contributed by atoms with Crippen LogP contribution in [0.4, 0.5) is 0 Å². The van der Waals surface area contributed by atoms with E-state index in [1.165, 1.54) is 5.57 Å². The summed E-state index contributed by atoms with van der Waals surface area (Å²) in [5, 5.41) is 0. The van der Waals surface area contributed by atoms with Crippen molar-refractivity contribution in [3.63, 3.8) is 0 Å². The number of nitrogens with two attached hydrogens (primary N) is 1. The summed E-state index contributed by atoms with van der Waals surface area (Å²) in [6.45, 7) is 1.89. The molecule has 0 aromatic heterocycles. The van der Waals surface area contributed by atoms with Crippen LogP contribution < -0.4 is 5.73 Å². The minimum Gasteiger partial charge on any atom is -0.459 e. The maximum absolute atomic E-state index is 12.6. The highest BCUT2D eigenvalue weighted by Crippen LogP contribution is 2.39. The molecule has 1 aliphatic heterocycles. The van der Waals surface area contributed by atoms with Gasteiger partial charge in [-0.3, -0.25) is 4.79 Å². The topological polar surface area (TPSA) is 72.6 Å². The lowest BCUT2D eigenvalue weighted by Crippen LogP contribution is -2.48. The normalized spacial score (nSPS) is 21.4. The molecule has 128 valence electrons. The van der Waals surface area contributed by atoms with Gasteiger partial charge in [-0.1, -0.05) is 30.3 Å². The largest absolute Gasteiger partial charge is 0.459 e. The van der Waals surface area contributed by atoms with Gasteiger partial charge in [-0.05, 0) is 43.7 Å². The van der Waals surface area contributed by atoms with Gasteiger partial charge in [0.05, 0.1) is 6.04 Å². The number of ether oxygens (including phenoxy) is 1. The molecule has 2 atom stereocenters. The van der Waals surface area contributed by atoms with Crippen molar-refractivity contribution in [1.29, 1.82) is 0 Å². The van der Waals surface area contributed by atoms with Gasteiger partial charge in [-0.15, -0.1) is 0 Å². The van der Waals surface area contributed by atoms with E-state index in [4.69, 9.17) is 10.5 Å². The Hall–Kier alpha value is -2.14. The van der Waals surface area contributed by atoms with Crippen molar-refractivity contribution in [2.75, 3.05) is 0 Å². The van der Waals surface area contributed by atoms with Gasteiger partial charge in [0, 0.05) is 12.1 Å². The first-order chi connectivity index (χ1) is 11.6. The molecule has 0 saturated heterocycles. The number of esters is 1. The smallest absolute Gasteiger partial charge is 0.329 e. The van der Waals surface area contributed by atoms with E-state index in [9.17, 15) is 9.59 Å². The number of carbonyl (C=O) groups excluding carboxylic acids is 2. The molecule has 3 rings (SSSR count). The molecule has 1 aromatic carbocycles. The Balaban J connectivity index is 1.73. The number of carbonyl (C=O) groups is 2. The predicted molar refractivity (Wildman–Crippen MR) is 90.6 cm³/mol. The second-order valence-corrected chi connectivity index (χ2v) is 6.57. The van der Waals surface area contributed by atoms with Crippen LogP contribution in [0.3, 0.4) is 0 Å². The van der Waals surface area contributed by atoms with E-state index < -0.39 is 12.1 Å². The summed E-state index contributed by atoms with van der Waals surface area (Å²) in [5.41, 5.74) is 8.96. The molecule has 0 saturated carbocycles. The Kier molecular flexibility index (Phi) is 5.00. The van der Waals surface area contributed by atoms with Gasteiger partial charge in [0.25, 0.3) is 0 Å². The highest BCUT2D eigenvalue weighted by Gasteiger charge is 2.42. The zero-order valence-electron chi connectivity index (χ0n) is 14.0. The maximum atomic E-state index is 12.6. The van der Waals surface area contributed by atoms with Gasteiger partial charge in [-0.2, -0.15) is 0 Å². The van der Waals surface area contributed by atoms with Gasteiger partial charge >= 0.3 is 5.97 Å². The van der Waals surface area contributed by atoms with Gasteiger partial charge in [0.1, 0.15) is 12.6 Å². The average molecular weight is 328 g/mol. The van der Waals surface area contributed by atoms with Crippen molar-refractivity contribution in [3.8, 4) is 0 Å². The fraction of sp³-hybridized carbons (Fsp3) is 0.474. The number of amides is 1. The van der Waals surface area contributed by atoms with Crippen molar-refractivity contribution in [2.24, 2.45) is 5.73 Å². The van der Waals surface area contributed by atoms with Crippen molar-refractivity contribution >= 4 is 11.9 Å². The van der Waals surface area contributed by atoms with Crippen LogP contribution in [0.25, 0.3) is 0 Å². The summed E-state index contributed by atoms with van der Waals surface area (Å²) in [7, 11) is 0. The highest BCUT2D eigenvalue weighted by atomic mass is 16.5. The van der Waals surface area contributed by atoms with E-state index in [-0.39, 0.29) is 18.5 Å². The van der Waals surface area contributed by atoms with Crippen LogP contribution in [-0.4, -0.2) is 28.9 Å². The van der Waals surface area contributed by atoms with E-state index >= 15 is 0 Å². The van der Waals surface area contributed by atoms with Crippen LogP contribution in [0.1, 0.15) is 44.6 Å². The monoisotopic (exact) mass is 328 g/mol. The van der Waals surface area contributed by atoms with Crippen molar-refractivity contribution in [3.05, 3.63) is 47.2 Å². The molecular weight excluding hydrogens is 304 g/mol. The summed E-state index contributed by atoms with van der Waals surface area (Å²) in [5.74, 6) is -0.536. The molecule has 0 fully saturated rings. The summed E-state index contributed by atoms with van der Waals surface area (Å²) >= 11 is 0. The van der Waals surface area contributed by atoms with E-state index in [1.54, 1.807) is 11.8 Å². The number of benzene rings is 1. The predicted octanol–water partition coefficient (Wildman–Crippen LogP) is 2.51. The molecule has 1 aromatic rings. The van der Waals surface area contributed by atoms with Crippen molar-refractivity contribution in [1.82, 2.24) is 4.90 Å². The second-order valence-electron chi connectivity index (χ2n) is 6.57. The lowest BCUT2D eigenvalue weighted by Gasteiger charge is -2.29. The maximum Gasteiger partial charge on any atom is 0.329 e. The van der Waals surface area contributed by atoms with Crippen LogP contribution in [0.2, 0.25) is 0 Å². The van der Waals surface area contributed by atoms with Gasteiger partial charge in [0.15, 0.2) is 0 Å². The van der Waals surface area contributed by atoms with E-state index in [2.05, 4.69) is 0 Å². The summed E-state index contributed by atoms with van der Waals surface area (Å²) in [6, 6.07) is 8.38. The molecule has 1 amide bonds. The number of hydrogen-bond donors (Lipinski definition) is 1. The fourth-order valence-electron chi connectivity index (χ4n) is 3.49. The van der Waals surface area contributed by atoms with E-state index in [1.807, 2.05) is 30.3 Å². The molecule has 5 nitrogen and oxygen atoms in total. The third-order valence-corrected chi connectivity index (χ3v) is 4.72. The Morgan fingerprint density at radius 3 is 2.67 bits per heavy atom. The zero-order chi connectivity index (χ0) is 17.1. The number of allylic oxidation sites excluding steroid dienone is 1. The molecule has 2 aliphatic rings. The van der Waals surface area contributed by atoms with Crippen LogP contribution in [0.15, 0.2) is 41.6 Å². The Labute approximate surface area is 142 Å². The van der Waals surface area contributed by atoms with Crippen LogP contribution >= 0.6 is 0 Å². The van der Waals surface area contributed by atoms with Gasteiger partial charge < -0.3 is 15.4 Å². The zero-order valence-corrected chi connectivity index (χ0v) is 14.0. The molecule has 5 heteroatoms. The Bertz CT molecular complexity index is 652. The third-order valence-electron chi connectivity index (χ3n) is 4.72. The Morgan fingerprint density at radius 1 is 1.25 bits per heavy atom. The van der Waals surface area contributed by atoms with Crippen LogP contribution in [0, 0.1) is 0 Å². The minimum atomic E-state index is -0.622. The molecule has 0 unspecified atom stereocenters. The number of nitrogens with zero attached hydrogens (tertiary/aromatic N) is 1. The summed E-state index contributed by atoms with van der Waals surface area (Å²) in [6.07, 6.45) is 4.55. The summed E-state index contributed by atoms with van der Waals surface area (Å²) < 4.78 is 5.48. The molecule has 2 N–H and O–H groups in total. The lowest BCUT2D eigenvalue weighted by atomic mass is 9.96. The number of rotatable bonds is 4. The quantitative estimate of drug-likeness (QED) is 0.862. The van der Waals surface area contributed by atoms with Crippen LogP contribution in [0.5, 0.6) is 0 Å². The first-order valence-electron chi connectivity index (χ1n) is 8.58. The number of hydrogen-bond acceptors (Lipinski definition) is 4.